The van der Waals surface area contributed by atoms with Crippen molar-refractivity contribution in [3.05, 3.63) is 70.7 Å². The molecule has 0 aliphatic carbocycles. The van der Waals surface area contributed by atoms with Crippen LogP contribution in [0.5, 0.6) is 0 Å². The van der Waals surface area contributed by atoms with Gasteiger partial charge in [0.25, 0.3) is 0 Å². The van der Waals surface area contributed by atoms with Gasteiger partial charge >= 0.3 is 0 Å². The highest BCUT2D eigenvalue weighted by molar-refractivity contribution is 5.79. The van der Waals surface area contributed by atoms with Gasteiger partial charge < -0.3 is 4.90 Å². The van der Waals surface area contributed by atoms with E-state index < -0.39 is 0 Å². The van der Waals surface area contributed by atoms with Gasteiger partial charge in [-0.05, 0) is 11.6 Å². The standard InChI is InChI=1S/C16H16N4/c1-20-12-14-9-5-6-10-15(14)18-16(20)19-17-11-13-7-3-2-4-8-13/h2-12,16,19H,1H3. The molecule has 0 spiro atoms. The predicted octanol–water partition coefficient (Wildman–Crippen LogP) is 0.897. The molecule has 0 aromatic heterocycles. The van der Waals surface area contributed by atoms with E-state index in [1.807, 2.05) is 60.5 Å². The molecule has 4 nitrogen and oxygen atoms in total. The van der Waals surface area contributed by atoms with Crippen molar-refractivity contribution in [3.8, 4) is 0 Å². The molecule has 1 aliphatic rings. The second-order valence-corrected chi connectivity index (χ2v) is 4.65. The lowest BCUT2D eigenvalue weighted by atomic mass is 10.2. The first-order valence-corrected chi connectivity index (χ1v) is 6.53. The van der Waals surface area contributed by atoms with Gasteiger partial charge in [-0.25, -0.2) is 4.99 Å². The van der Waals surface area contributed by atoms with Gasteiger partial charge in [-0.1, -0.05) is 48.5 Å². The zero-order valence-electron chi connectivity index (χ0n) is 11.3. The number of nitrogens with one attached hydrogen (secondary N) is 1. The molecule has 0 saturated heterocycles. The molecule has 0 saturated carbocycles. The monoisotopic (exact) mass is 264 g/mol. The summed E-state index contributed by atoms with van der Waals surface area (Å²) < 4.78 is 0. The van der Waals surface area contributed by atoms with Crippen LogP contribution in [0.1, 0.15) is 5.56 Å². The number of hydrogen-bond acceptors (Lipinski definition) is 4. The third kappa shape index (κ3) is 2.69. The summed E-state index contributed by atoms with van der Waals surface area (Å²) in [5, 5.41) is 6.37. The van der Waals surface area contributed by atoms with E-state index in [4.69, 9.17) is 0 Å². The van der Waals surface area contributed by atoms with E-state index in [2.05, 4.69) is 27.8 Å². The maximum atomic E-state index is 4.63. The average Bonchev–Trinajstić information content (AvgIpc) is 2.49. The molecule has 1 unspecified atom stereocenters. The van der Waals surface area contributed by atoms with Crippen LogP contribution in [-0.2, 0) is 0 Å². The summed E-state index contributed by atoms with van der Waals surface area (Å²) in [4.78, 5) is 6.63. The van der Waals surface area contributed by atoms with E-state index in [1.165, 1.54) is 0 Å². The fourth-order valence-corrected chi connectivity index (χ4v) is 2.06. The quantitative estimate of drug-likeness (QED) is 0.661. The summed E-state index contributed by atoms with van der Waals surface area (Å²) in [6.07, 6.45) is 3.69. The maximum Gasteiger partial charge on any atom is 0.211 e. The van der Waals surface area contributed by atoms with E-state index in [9.17, 15) is 0 Å². The Hall–Kier alpha value is -2.62. The van der Waals surface area contributed by atoms with Crippen molar-refractivity contribution in [1.29, 1.82) is 0 Å². The molecular weight excluding hydrogens is 248 g/mol. The van der Waals surface area contributed by atoms with Gasteiger partial charge in [0.2, 0.25) is 6.29 Å². The molecular formula is C16H16N4. The number of hydrogen-bond donors (Lipinski definition) is 1. The Bertz CT molecular complexity index is 722. The first-order valence-electron chi connectivity index (χ1n) is 6.53. The van der Waals surface area contributed by atoms with Crippen LogP contribution in [0.25, 0.3) is 6.20 Å². The Kier molecular flexibility index (Phi) is 3.46. The van der Waals surface area contributed by atoms with Gasteiger partial charge in [0, 0.05) is 18.5 Å². The highest BCUT2D eigenvalue weighted by Crippen LogP contribution is 1.98. The van der Waals surface area contributed by atoms with E-state index in [-0.39, 0.29) is 6.29 Å². The van der Waals surface area contributed by atoms with Gasteiger partial charge in [-0.2, -0.15) is 5.10 Å². The molecule has 2 aromatic carbocycles. The van der Waals surface area contributed by atoms with Crippen LogP contribution in [0.15, 0.2) is 64.7 Å². The van der Waals surface area contributed by atoms with Gasteiger partial charge in [0.05, 0.1) is 11.6 Å². The molecule has 4 heteroatoms. The number of benzene rings is 2. The van der Waals surface area contributed by atoms with Gasteiger partial charge in [0.15, 0.2) is 0 Å². The number of para-hydroxylation sites is 1. The zero-order chi connectivity index (χ0) is 13.8. The molecule has 1 atom stereocenters. The third-order valence-electron chi connectivity index (χ3n) is 3.13. The van der Waals surface area contributed by atoms with Crippen LogP contribution in [0.2, 0.25) is 0 Å². The first kappa shape index (κ1) is 12.4. The predicted molar refractivity (Wildman–Crippen MR) is 80.4 cm³/mol. The second-order valence-electron chi connectivity index (χ2n) is 4.65. The summed E-state index contributed by atoms with van der Waals surface area (Å²) in [5.41, 5.74) is 4.12. The molecule has 0 amide bonds. The molecule has 0 fully saturated rings. The largest absolute Gasteiger partial charge is 0.341 e. The third-order valence-corrected chi connectivity index (χ3v) is 3.13. The molecule has 1 aliphatic heterocycles. The molecule has 1 heterocycles. The lowest BCUT2D eigenvalue weighted by Crippen LogP contribution is -2.45. The lowest BCUT2D eigenvalue weighted by molar-refractivity contribution is 0.303. The summed E-state index contributed by atoms with van der Waals surface area (Å²) in [7, 11) is 1.98. The van der Waals surface area contributed by atoms with Crippen LogP contribution in [0, 0.1) is 0 Å². The highest BCUT2D eigenvalue weighted by atomic mass is 15.5. The normalized spacial score (nSPS) is 17.2. The molecule has 3 rings (SSSR count). The number of fused-ring (bicyclic) bond motifs is 1. The van der Waals surface area contributed by atoms with Crippen molar-refractivity contribution in [2.45, 2.75) is 6.29 Å². The molecule has 0 bridgehead atoms. The SMILES string of the molecule is CN1C=c2ccccc2=NC1NN=Cc1ccccc1. The van der Waals surface area contributed by atoms with Crippen LogP contribution in [0.4, 0.5) is 0 Å². The minimum Gasteiger partial charge on any atom is -0.341 e. The molecule has 100 valence electrons. The molecule has 20 heavy (non-hydrogen) atoms. The summed E-state index contributed by atoms with van der Waals surface area (Å²) in [6, 6.07) is 18.0. The smallest absolute Gasteiger partial charge is 0.211 e. The van der Waals surface area contributed by atoms with Crippen molar-refractivity contribution < 1.29 is 0 Å². The average molecular weight is 264 g/mol. The van der Waals surface area contributed by atoms with Crippen LogP contribution in [0.3, 0.4) is 0 Å². The Morgan fingerprint density at radius 3 is 2.70 bits per heavy atom. The summed E-state index contributed by atoms with van der Waals surface area (Å²) in [5.74, 6) is 0. The minimum absolute atomic E-state index is 0.176. The van der Waals surface area contributed by atoms with Crippen molar-refractivity contribution in [2.75, 3.05) is 7.05 Å². The van der Waals surface area contributed by atoms with E-state index in [0.717, 1.165) is 16.1 Å². The van der Waals surface area contributed by atoms with E-state index in [1.54, 1.807) is 6.21 Å². The maximum absolute atomic E-state index is 4.63. The first-order chi connectivity index (χ1) is 9.83. The zero-order valence-corrected chi connectivity index (χ0v) is 11.3. The van der Waals surface area contributed by atoms with Crippen LogP contribution >= 0.6 is 0 Å². The molecule has 2 aromatic rings. The van der Waals surface area contributed by atoms with Crippen LogP contribution in [-0.4, -0.2) is 24.5 Å². The number of nitrogens with zero attached hydrogens (tertiary/aromatic N) is 3. The highest BCUT2D eigenvalue weighted by Gasteiger charge is 2.11. The summed E-state index contributed by atoms with van der Waals surface area (Å²) in [6.45, 7) is 0. The summed E-state index contributed by atoms with van der Waals surface area (Å²) >= 11 is 0. The van der Waals surface area contributed by atoms with Crippen molar-refractivity contribution >= 4 is 12.4 Å². The Morgan fingerprint density at radius 2 is 1.85 bits per heavy atom. The van der Waals surface area contributed by atoms with Gasteiger partial charge in [0.1, 0.15) is 0 Å². The molecule has 1 N–H and O–H groups in total. The van der Waals surface area contributed by atoms with Crippen molar-refractivity contribution in [2.24, 2.45) is 10.1 Å². The van der Waals surface area contributed by atoms with Crippen molar-refractivity contribution in [3.63, 3.8) is 0 Å². The Labute approximate surface area is 117 Å². The van der Waals surface area contributed by atoms with Crippen molar-refractivity contribution in [1.82, 2.24) is 10.3 Å². The minimum atomic E-state index is -0.176. The Morgan fingerprint density at radius 1 is 1.10 bits per heavy atom. The fourth-order valence-electron chi connectivity index (χ4n) is 2.06. The van der Waals surface area contributed by atoms with E-state index >= 15 is 0 Å². The van der Waals surface area contributed by atoms with E-state index in [0.29, 0.717) is 0 Å². The second kappa shape index (κ2) is 5.57. The lowest BCUT2D eigenvalue weighted by Gasteiger charge is -2.25. The molecule has 0 radical (unpaired) electrons. The fraction of sp³-hybridized carbons (Fsp3) is 0.125. The Balaban J connectivity index is 1.76. The van der Waals surface area contributed by atoms with Gasteiger partial charge in [-0.15, -0.1) is 0 Å². The topological polar surface area (TPSA) is 40.0 Å². The van der Waals surface area contributed by atoms with Gasteiger partial charge in [-0.3, -0.25) is 5.43 Å². The number of hydrazone groups is 1. The number of rotatable bonds is 3. The van der Waals surface area contributed by atoms with Crippen LogP contribution < -0.4 is 16.0 Å².